The highest BCUT2D eigenvalue weighted by molar-refractivity contribution is 5.77. The van der Waals surface area contributed by atoms with Crippen molar-refractivity contribution in [1.82, 2.24) is 4.90 Å². The number of rotatable bonds is 5. The summed E-state index contributed by atoms with van der Waals surface area (Å²) in [6.45, 7) is 0.826. The number of aliphatic hydroxyl groups is 1. The summed E-state index contributed by atoms with van der Waals surface area (Å²) in [7, 11) is 0. The normalized spacial score (nSPS) is 29.0. The average molecular weight is 316 g/mol. The van der Waals surface area contributed by atoms with Crippen LogP contribution >= 0.6 is 0 Å². The SMILES string of the molecule is N[C@@H]1CCC[C@H]1CC(=O)N1CCCC1CC(O)c1ccccc1. The molecule has 0 spiro atoms. The zero-order chi connectivity index (χ0) is 16.2. The largest absolute Gasteiger partial charge is 0.388 e. The van der Waals surface area contributed by atoms with Gasteiger partial charge in [0, 0.05) is 25.0 Å². The average Bonchev–Trinajstić information content (AvgIpc) is 3.18. The highest BCUT2D eigenvalue weighted by atomic mass is 16.3. The van der Waals surface area contributed by atoms with Crippen molar-refractivity contribution in [1.29, 1.82) is 0 Å². The summed E-state index contributed by atoms with van der Waals surface area (Å²) in [6.07, 6.45) is 6.02. The number of nitrogens with zero attached hydrogens (tertiary/aromatic N) is 1. The molecule has 3 rings (SSSR count). The van der Waals surface area contributed by atoms with E-state index in [1.165, 1.54) is 0 Å². The van der Waals surface area contributed by atoms with E-state index >= 15 is 0 Å². The smallest absolute Gasteiger partial charge is 0.223 e. The van der Waals surface area contributed by atoms with E-state index in [-0.39, 0.29) is 18.0 Å². The highest BCUT2D eigenvalue weighted by Crippen LogP contribution is 2.31. The summed E-state index contributed by atoms with van der Waals surface area (Å²) in [6, 6.07) is 10.1. The van der Waals surface area contributed by atoms with Crippen molar-refractivity contribution < 1.29 is 9.90 Å². The van der Waals surface area contributed by atoms with E-state index in [9.17, 15) is 9.90 Å². The molecule has 3 N–H and O–H groups in total. The fraction of sp³-hybridized carbons (Fsp3) is 0.632. The van der Waals surface area contributed by atoms with E-state index in [2.05, 4.69) is 0 Å². The third kappa shape index (κ3) is 3.93. The first-order chi connectivity index (χ1) is 11.1. The van der Waals surface area contributed by atoms with Crippen LogP contribution in [0.2, 0.25) is 0 Å². The molecule has 1 aliphatic heterocycles. The molecule has 23 heavy (non-hydrogen) atoms. The van der Waals surface area contributed by atoms with E-state index in [0.717, 1.165) is 44.2 Å². The summed E-state index contributed by atoms with van der Waals surface area (Å²) in [5.74, 6) is 0.581. The van der Waals surface area contributed by atoms with Gasteiger partial charge < -0.3 is 15.7 Å². The first-order valence-corrected chi connectivity index (χ1v) is 8.93. The van der Waals surface area contributed by atoms with E-state index in [4.69, 9.17) is 5.73 Å². The van der Waals surface area contributed by atoms with Gasteiger partial charge in [0.25, 0.3) is 0 Å². The molecular weight excluding hydrogens is 288 g/mol. The molecule has 1 amide bonds. The lowest BCUT2D eigenvalue weighted by atomic mass is 9.97. The quantitative estimate of drug-likeness (QED) is 0.877. The van der Waals surface area contributed by atoms with E-state index in [0.29, 0.717) is 18.8 Å². The predicted molar refractivity (Wildman–Crippen MR) is 90.7 cm³/mol. The number of carbonyl (C=O) groups excluding carboxylic acids is 1. The van der Waals surface area contributed by atoms with Gasteiger partial charge in [-0.15, -0.1) is 0 Å². The molecule has 126 valence electrons. The van der Waals surface area contributed by atoms with Gasteiger partial charge >= 0.3 is 0 Å². The predicted octanol–water partition coefficient (Wildman–Crippen LogP) is 2.62. The topological polar surface area (TPSA) is 66.6 Å². The Hall–Kier alpha value is -1.39. The van der Waals surface area contributed by atoms with E-state index in [1.54, 1.807) is 0 Å². The van der Waals surface area contributed by atoms with Gasteiger partial charge in [-0.1, -0.05) is 36.8 Å². The van der Waals surface area contributed by atoms with Gasteiger partial charge in [0.1, 0.15) is 0 Å². The monoisotopic (exact) mass is 316 g/mol. The molecule has 1 aromatic rings. The Kier molecular flexibility index (Phi) is 5.34. The van der Waals surface area contributed by atoms with Crippen LogP contribution in [0.5, 0.6) is 0 Å². The maximum Gasteiger partial charge on any atom is 0.223 e. The maximum atomic E-state index is 12.7. The zero-order valence-electron chi connectivity index (χ0n) is 13.7. The molecule has 4 heteroatoms. The van der Waals surface area contributed by atoms with Crippen LogP contribution in [0.15, 0.2) is 30.3 Å². The summed E-state index contributed by atoms with van der Waals surface area (Å²) in [5.41, 5.74) is 7.04. The molecule has 1 heterocycles. The number of likely N-dealkylation sites (tertiary alicyclic amines) is 1. The number of aliphatic hydroxyl groups excluding tert-OH is 1. The van der Waals surface area contributed by atoms with Crippen molar-refractivity contribution in [2.75, 3.05) is 6.54 Å². The van der Waals surface area contributed by atoms with Crippen LogP contribution in [0.1, 0.15) is 56.6 Å². The van der Waals surface area contributed by atoms with Gasteiger partial charge in [-0.25, -0.2) is 0 Å². The fourth-order valence-corrected chi connectivity index (χ4v) is 4.14. The minimum absolute atomic E-state index is 0.162. The molecule has 4 atom stereocenters. The van der Waals surface area contributed by atoms with Crippen LogP contribution in [0.25, 0.3) is 0 Å². The van der Waals surface area contributed by atoms with Crippen LogP contribution in [-0.4, -0.2) is 34.5 Å². The van der Waals surface area contributed by atoms with Gasteiger partial charge in [-0.3, -0.25) is 4.79 Å². The Labute approximate surface area is 138 Å². The van der Waals surface area contributed by atoms with Gasteiger partial charge in [0.15, 0.2) is 0 Å². The summed E-state index contributed by atoms with van der Waals surface area (Å²) >= 11 is 0. The van der Waals surface area contributed by atoms with E-state index in [1.807, 2.05) is 35.2 Å². The Balaban J connectivity index is 1.58. The van der Waals surface area contributed by atoms with Crippen molar-refractivity contribution in [2.45, 2.75) is 63.1 Å². The minimum Gasteiger partial charge on any atom is -0.388 e. The highest BCUT2D eigenvalue weighted by Gasteiger charge is 2.33. The lowest BCUT2D eigenvalue weighted by Crippen LogP contribution is -2.39. The van der Waals surface area contributed by atoms with Crippen molar-refractivity contribution in [3.8, 4) is 0 Å². The van der Waals surface area contributed by atoms with E-state index < -0.39 is 6.10 Å². The van der Waals surface area contributed by atoms with Crippen molar-refractivity contribution in [3.63, 3.8) is 0 Å². The van der Waals surface area contributed by atoms with Crippen LogP contribution in [0, 0.1) is 5.92 Å². The van der Waals surface area contributed by atoms with Gasteiger partial charge in [0.2, 0.25) is 5.91 Å². The summed E-state index contributed by atoms with van der Waals surface area (Å²) in [5, 5.41) is 10.4. The standard InChI is InChI=1S/C19H28N2O2/c20-17-10-4-8-15(17)12-19(23)21-11-5-9-16(21)13-18(22)14-6-2-1-3-7-14/h1-3,6-7,15-18,22H,4-5,8-13,20H2/t15-,16?,17+,18?/m0/s1. The molecule has 1 saturated heterocycles. The number of benzene rings is 1. The first kappa shape index (κ1) is 16.5. The first-order valence-electron chi connectivity index (χ1n) is 8.93. The zero-order valence-corrected chi connectivity index (χ0v) is 13.7. The minimum atomic E-state index is -0.497. The summed E-state index contributed by atoms with van der Waals surface area (Å²) < 4.78 is 0. The van der Waals surface area contributed by atoms with Gasteiger partial charge in [-0.05, 0) is 43.6 Å². The molecule has 1 saturated carbocycles. The maximum absolute atomic E-state index is 12.7. The van der Waals surface area contributed by atoms with Crippen LogP contribution in [0.4, 0.5) is 0 Å². The fourth-order valence-electron chi connectivity index (χ4n) is 4.14. The van der Waals surface area contributed by atoms with Crippen LogP contribution in [0.3, 0.4) is 0 Å². The second-order valence-electron chi connectivity index (χ2n) is 7.10. The molecule has 4 nitrogen and oxygen atoms in total. The number of amides is 1. The number of hydrogen-bond donors (Lipinski definition) is 2. The number of hydrogen-bond acceptors (Lipinski definition) is 3. The molecule has 0 aromatic heterocycles. The third-order valence-corrected chi connectivity index (χ3v) is 5.53. The van der Waals surface area contributed by atoms with Gasteiger partial charge in [-0.2, -0.15) is 0 Å². The van der Waals surface area contributed by atoms with Crippen molar-refractivity contribution in [3.05, 3.63) is 35.9 Å². The molecule has 1 aromatic carbocycles. The summed E-state index contributed by atoms with van der Waals surface area (Å²) in [4.78, 5) is 14.7. The lowest BCUT2D eigenvalue weighted by molar-refractivity contribution is -0.133. The Morgan fingerprint density at radius 2 is 2.00 bits per heavy atom. The van der Waals surface area contributed by atoms with Crippen LogP contribution < -0.4 is 5.73 Å². The second-order valence-corrected chi connectivity index (χ2v) is 7.10. The molecule has 0 radical (unpaired) electrons. The molecular formula is C19H28N2O2. The Bertz CT molecular complexity index is 519. The molecule has 2 aliphatic rings. The Morgan fingerprint density at radius 3 is 2.70 bits per heavy atom. The third-order valence-electron chi connectivity index (χ3n) is 5.53. The van der Waals surface area contributed by atoms with Crippen molar-refractivity contribution in [2.24, 2.45) is 11.7 Å². The second kappa shape index (κ2) is 7.45. The lowest BCUT2D eigenvalue weighted by Gasteiger charge is -2.28. The molecule has 0 bridgehead atoms. The van der Waals surface area contributed by atoms with Crippen LogP contribution in [-0.2, 0) is 4.79 Å². The number of nitrogens with two attached hydrogens (primary N) is 1. The molecule has 2 unspecified atom stereocenters. The van der Waals surface area contributed by atoms with Crippen molar-refractivity contribution >= 4 is 5.91 Å². The molecule has 2 fully saturated rings. The Morgan fingerprint density at radius 1 is 1.22 bits per heavy atom. The number of carbonyl (C=O) groups is 1. The molecule has 1 aliphatic carbocycles. The van der Waals surface area contributed by atoms with Gasteiger partial charge in [0.05, 0.1) is 6.10 Å².